The van der Waals surface area contributed by atoms with Crippen LogP contribution in [0.4, 0.5) is 4.39 Å². The average molecular weight is 234 g/mol. The minimum atomic E-state index is -0.165. The van der Waals surface area contributed by atoms with Crippen molar-refractivity contribution in [2.45, 2.75) is 26.3 Å². The zero-order valence-corrected chi connectivity index (χ0v) is 10.2. The number of hydrogen-bond donors (Lipinski definition) is 1. The van der Waals surface area contributed by atoms with E-state index in [9.17, 15) is 4.39 Å². The molecule has 0 aliphatic rings. The monoisotopic (exact) mass is 234 g/mol. The molecular weight excluding hydrogens is 215 g/mol. The van der Waals surface area contributed by atoms with Gasteiger partial charge in [0.2, 0.25) is 0 Å². The van der Waals surface area contributed by atoms with E-state index in [0.29, 0.717) is 0 Å². The number of halogens is 1. The van der Waals surface area contributed by atoms with Crippen LogP contribution in [0, 0.1) is 5.82 Å². The van der Waals surface area contributed by atoms with E-state index < -0.39 is 0 Å². The predicted molar refractivity (Wildman–Crippen MR) is 69.7 cm³/mol. The number of hydrogen-bond acceptors (Lipinski definition) is 1. The van der Waals surface area contributed by atoms with Gasteiger partial charge in [-0.15, -0.1) is 0 Å². The third-order valence-electron chi connectivity index (χ3n) is 2.92. The Morgan fingerprint density at radius 2 is 2.12 bits per heavy atom. The van der Waals surface area contributed by atoms with Gasteiger partial charge in [-0.2, -0.15) is 0 Å². The van der Waals surface area contributed by atoms with Crippen molar-refractivity contribution in [3.8, 4) is 0 Å². The first kappa shape index (κ1) is 12.1. The van der Waals surface area contributed by atoms with E-state index >= 15 is 0 Å². The molecular formula is C14H19FN2. The third kappa shape index (κ3) is 3.07. The molecule has 3 heteroatoms. The van der Waals surface area contributed by atoms with Gasteiger partial charge in [0.15, 0.2) is 0 Å². The Morgan fingerprint density at radius 3 is 2.94 bits per heavy atom. The van der Waals surface area contributed by atoms with Crippen molar-refractivity contribution in [3.63, 3.8) is 0 Å². The van der Waals surface area contributed by atoms with E-state index in [-0.39, 0.29) is 5.82 Å². The van der Waals surface area contributed by atoms with Crippen LogP contribution in [-0.2, 0) is 6.54 Å². The molecule has 1 N–H and O–H groups in total. The van der Waals surface area contributed by atoms with E-state index in [1.807, 2.05) is 18.3 Å². The first-order valence-electron chi connectivity index (χ1n) is 6.26. The van der Waals surface area contributed by atoms with E-state index in [1.165, 1.54) is 6.07 Å². The molecule has 0 spiro atoms. The van der Waals surface area contributed by atoms with Gasteiger partial charge in [-0.05, 0) is 55.6 Å². The van der Waals surface area contributed by atoms with Crippen molar-refractivity contribution in [1.82, 2.24) is 9.88 Å². The lowest BCUT2D eigenvalue weighted by Crippen LogP contribution is -2.17. The molecule has 17 heavy (non-hydrogen) atoms. The average Bonchev–Trinajstić information content (AvgIpc) is 2.72. The maximum absolute atomic E-state index is 13.2. The van der Waals surface area contributed by atoms with Crippen LogP contribution >= 0.6 is 0 Å². The van der Waals surface area contributed by atoms with Gasteiger partial charge in [0.25, 0.3) is 0 Å². The second-order valence-corrected chi connectivity index (χ2v) is 4.32. The van der Waals surface area contributed by atoms with Gasteiger partial charge < -0.3 is 9.88 Å². The number of fused-ring (bicyclic) bond motifs is 1. The molecule has 0 amide bonds. The molecule has 0 unspecified atom stereocenters. The van der Waals surface area contributed by atoms with Crippen LogP contribution in [-0.4, -0.2) is 17.7 Å². The predicted octanol–water partition coefficient (Wildman–Crippen LogP) is 3.17. The quantitative estimate of drug-likeness (QED) is 0.760. The first-order valence-corrected chi connectivity index (χ1v) is 6.26. The van der Waals surface area contributed by atoms with Crippen molar-refractivity contribution >= 4 is 10.9 Å². The molecule has 0 aliphatic heterocycles. The highest BCUT2D eigenvalue weighted by molar-refractivity contribution is 5.80. The van der Waals surface area contributed by atoms with Crippen molar-refractivity contribution in [2.24, 2.45) is 0 Å². The van der Waals surface area contributed by atoms with E-state index in [2.05, 4.69) is 16.8 Å². The van der Waals surface area contributed by atoms with E-state index in [1.54, 1.807) is 6.07 Å². The van der Waals surface area contributed by atoms with E-state index in [0.717, 1.165) is 43.4 Å². The Kier molecular flexibility index (Phi) is 4.15. The fourth-order valence-corrected chi connectivity index (χ4v) is 2.03. The Hall–Kier alpha value is -1.35. The third-order valence-corrected chi connectivity index (χ3v) is 2.92. The summed E-state index contributed by atoms with van der Waals surface area (Å²) < 4.78 is 15.3. The Morgan fingerprint density at radius 1 is 1.24 bits per heavy atom. The van der Waals surface area contributed by atoms with Crippen molar-refractivity contribution in [1.29, 1.82) is 0 Å². The lowest BCUT2D eigenvalue weighted by Gasteiger charge is -2.06. The van der Waals surface area contributed by atoms with Gasteiger partial charge in [0, 0.05) is 12.7 Å². The fourth-order valence-electron chi connectivity index (χ4n) is 2.03. The van der Waals surface area contributed by atoms with E-state index in [4.69, 9.17) is 0 Å². The molecule has 0 saturated heterocycles. The number of aromatic nitrogens is 1. The zero-order chi connectivity index (χ0) is 12.1. The van der Waals surface area contributed by atoms with Gasteiger partial charge in [-0.1, -0.05) is 6.92 Å². The Balaban J connectivity index is 1.96. The Labute approximate surface area is 101 Å². The topological polar surface area (TPSA) is 17.0 Å². The summed E-state index contributed by atoms with van der Waals surface area (Å²) in [6, 6.07) is 6.98. The molecule has 1 aromatic carbocycles. The highest BCUT2D eigenvalue weighted by atomic mass is 19.1. The van der Waals surface area contributed by atoms with Gasteiger partial charge in [-0.25, -0.2) is 4.39 Å². The number of nitrogens with one attached hydrogen (secondary N) is 1. The number of benzene rings is 1. The highest BCUT2D eigenvalue weighted by Crippen LogP contribution is 2.17. The molecule has 2 rings (SSSR count). The molecule has 0 aliphatic carbocycles. The Bertz CT molecular complexity index is 476. The van der Waals surface area contributed by atoms with Gasteiger partial charge in [0.1, 0.15) is 5.82 Å². The molecule has 1 aromatic heterocycles. The molecule has 2 aromatic rings. The molecule has 0 fully saturated rings. The summed E-state index contributed by atoms with van der Waals surface area (Å²) in [6.07, 6.45) is 4.27. The number of nitrogens with zero attached hydrogens (tertiary/aromatic N) is 1. The van der Waals surface area contributed by atoms with Crippen LogP contribution in [0.15, 0.2) is 30.5 Å². The minimum absolute atomic E-state index is 0.165. The summed E-state index contributed by atoms with van der Waals surface area (Å²) in [4.78, 5) is 0. The second kappa shape index (κ2) is 5.82. The molecule has 0 saturated carbocycles. The maximum atomic E-state index is 13.2. The molecule has 92 valence electrons. The largest absolute Gasteiger partial charge is 0.347 e. The van der Waals surface area contributed by atoms with Crippen molar-refractivity contribution in [2.75, 3.05) is 13.1 Å². The molecule has 0 radical (unpaired) electrons. The van der Waals surface area contributed by atoms with Gasteiger partial charge in [-0.3, -0.25) is 0 Å². The summed E-state index contributed by atoms with van der Waals surface area (Å²) in [5.74, 6) is -0.165. The summed E-state index contributed by atoms with van der Waals surface area (Å²) in [6.45, 7) is 5.18. The lowest BCUT2D eigenvalue weighted by atomic mass is 10.2. The molecule has 0 atom stereocenters. The number of rotatable bonds is 6. The molecule has 0 bridgehead atoms. The fraction of sp³-hybridized carbons (Fsp3) is 0.429. The smallest absolute Gasteiger partial charge is 0.125 e. The minimum Gasteiger partial charge on any atom is -0.347 e. The normalized spacial score (nSPS) is 11.2. The standard InChI is InChI=1S/C14H19FN2/c1-2-7-16-8-3-9-17-10-6-12-4-5-13(15)11-14(12)17/h4-6,10-11,16H,2-3,7-9H2,1H3. The van der Waals surface area contributed by atoms with Crippen molar-refractivity contribution in [3.05, 3.63) is 36.3 Å². The lowest BCUT2D eigenvalue weighted by molar-refractivity contribution is 0.586. The zero-order valence-electron chi connectivity index (χ0n) is 10.2. The van der Waals surface area contributed by atoms with Gasteiger partial charge >= 0.3 is 0 Å². The van der Waals surface area contributed by atoms with Crippen LogP contribution in [0.1, 0.15) is 19.8 Å². The first-order chi connectivity index (χ1) is 8.31. The van der Waals surface area contributed by atoms with Crippen LogP contribution in [0.2, 0.25) is 0 Å². The van der Waals surface area contributed by atoms with Crippen LogP contribution in [0.3, 0.4) is 0 Å². The maximum Gasteiger partial charge on any atom is 0.125 e. The van der Waals surface area contributed by atoms with Crippen LogP contribution in [0.25, 0.3) is 10.9 Å². The molecule has 2 nitrogen and oxygen atoms in total. The second-order valence-electron chi connectivity index (χ2n) is 4.32. The number of aryl methyl sites for hydroxylation is 1. The summed E-state index contributed by atoms with van der Waals surface area (Å²) in [5, 5.41) is 4.47. The summed E-state index contributed by atoms with van der Waals surface area (Å²) in [5.41, 5.74) is 0.987. The van der Waals surface area contributed by atoms with Crippen LogP contribution < -0.4 is 5.32 Å². The molecule has 1 heterocycles. The highest BCUT2D eigenvalue weighted by Gasteiger charge is 2.01. The van der Waals surface area contributed by atoms with Crippen molar-refractivity contribution < 1.29 is 4.39 Å². The summed E-state index contributed by atoms with van der Waals surface area (Å²) >= 11 is 0. The van der Waals surface area contributed by atoms with Crippen LogP contribution in [0.5, 0.6) is 0 Å². The SMILES string of the molecule is CCCNCCCn1ccc2ccc(F)cc21. The summed E-state index contributed by atoms with van der Waals surface area (Å²) in [7, 11) is 0. The van der Waals surface area contributed by atoms with Gasteiger partial charge in [0.05, 0.1) is 5.52 Å².